The topological polar surface area (TPSA) is 49.4 Å². The van der Waals surface area contributed by atoms with Gasteiger partial charge in [-0.15, -0.1) is 0 Å². The predicted octanol–water partition coefficient (Wildman–Crippen LogP) is 3.16. The minimum Gasteiger partial charge on any atom is -0.350 e. The lowest BCUT2D eigenvalue weighted by molar-refractivity contribution is -0.124. The third kappa shape index (κ3) is 3.55. The molecule has 5 heteroatoms. The second kappa shape index (κ2) is 6.67. The zero-order valence-corrected chi connectivity index (χ0v) is 14.4. The van der Waals surface area contributed by atoms with Crippen LogP contribution in [-0.2, 0) is 21.5 Å². The summed E-state index contributed by atoms with van der Waals surface area (Å²) >= 11 is 0. The minimum absolute atomic E-state index is 0.0691. The number of rotatable bonds is 4. The van der Waals surface area contributed by atoms with Crippen LogP contribution in [0.3, 0.4) is 0 Å². The third-order valence-electron chi connectivity index (χ3n) is 4.55. The number of halogens is 1. The quantitative estimate of drug-likeness (QED) is 0.929. The molecule has 1 aliphatic rings. The van der Waals surface area contributed by atoms with Gasteiger partial charge in [0.25, 0.3) is 0 Å². The van der Waals surface area contributed by atoms with Crippen molar-refractivity contribution in [2.75, 3.05) is 11.4 Å². The first-order valence-electron chi connectivity index (χ1n) is 8.28. The van der Waals surface area contributed by atoms with Crippen molar-refractivity contribution in [3.05, 3.63) is 65.5 Å². The number of nitrogens with zero attached hydrogens (tertiary/aromatic N) is 1. The Bertz CT molecular complexity index is 817. The van der Waals surface area contributed by atoms with E-state index in [9.17, 15) is 14.0 Å². The Hall–Kier alpha value is -2.69. The van der Waals surface area contributed by atoms with Gasteiger partial charge in [-0.25, -0.2) is 4.39 Å². The maximum atomic E-state index is 13.6. The number of hydrogen-bond acceptors (Lipinski definition) is 2. The molecule has 0 unspecified atom stereocenters. The summed E-state index contributed by atoms with van der Waals surface area (Å²) in [5, 5.41) is 2.69. The van der Waals surface area contributed by atoms with E-state index in [1.54, 1.807) is 18.2 Å². The summed E-state index contributed by atoms with van der Waals surface area (Å²) in [6.07, 6.45) is 0.352. The highest BCUT2D eigenvalue weighted by molar-refractivity contribution is 6.02. The van der Waals surface area contributed by atoms with E-state index >= 15 is 0 Å². The van der Waals surface area contributed by atoms with Gasteiger partial charge in [-0.1, -0.05) is 50.2 Å². The standard InChI is InChI=1S/C20H21FN2O2/c1-20(2)11-19(25)23(17-10-6-4-8-15(17)20)13-18(24)22-12-14-7-3-5-9-16(14)21/h3-10H,11-13H2,1-2H3,(H,22,24). The first-order valence-corrected chi connectivity index (χ1v) is 8.28. The molecular formula is C20H21FN2O2. The number of hydrogen-bond donors (Lipinski definition) is 1. The number of amides is 2. The van der Waals surface area contributed by atoms with Crippen LogP contribution in [0.2, 0.25) is 0 Å². The molecule has 0 saturated heterocycles. The summed E-state index contributed by atoms with van der Waals surface area (Å²) in [5.74, 6) is -0.750. The van der Waals surface area contributed by atoms with Gasteiger partial charge in [0.2, 0.25) is 11.8 Å². The Kier molecular flexibility index (Phi) is 4.57. The van der Waals surface area contributed by atoms with Crippen molar-refractivity contribution in [2.24, 2.45) is 0 Å². The van der Waals surface area contributed by atoms with E-state index < -0.39 is 0 Å². The molecule has 1 heterocycles. The summed E-state index contributed by atoms with van der Waals surface area (Å²) in [6, 6.07) is 13.9. The SMILES string of the molecule is CC1(C)CC(=O)N(CC(=O)NCc2ccccc2F)c2ccccc21. The third-order valence-corrected chi connectivity index (χ3v) is 4.55. The maximum absolute atomic E-state index is 13.6. The van der Waals surface area contributed by atoms with E-state index in [1.807, 2.05) is 38.1 Å². The number of benzene rings is 2. The van der Waals surface area contributed by atoms with Crippen LogP contribution in [0.5, 0.6) is 0 Å². The van der Waals surface area contributed by atoms with Crippen LogP contribution < -0.4 is 10.2 Å². The average molecular weight is 340 g/mol. The van der Waals surface area contributed by atoms with E-state index in [4.69, 9.17) is 0 Å². The van der Waals surface area contributed by atoms with Crippen molar-refractivity contribution in [1.82, 2.24) is 5.32 Å². The molecule has 1 N–H and O–H groups in total. The Labute approximate surface area is 146 Å². The number of nitrogens with one attached hydrogen (secondary N) is 1. The molecule has 2 amide bonds. The Morgan fingerprint density at radius 2 is 1.84 bits per heavy atom. The first kappa shape index (κ1) is 17.1. The van der Waals surface area contributed by atoms with E-state index in [1.165, 1.54) is 11.0 Å². The fourth-order valence-corrected chi connectivity index (χ4v) is 3.19. The fraction of sp³-hybridized carbons (Fsp3) is 0.300. The zero-order valence-electron chi connectivity index (χ0n) is 14.4. The predicted molar refractivity (Wildman–Crippen MR) is 94.7 cm³/mol. The lowest BCUT2D eigenvalue weighted by atomic mass is 9.77. The Morgan fingerprint density at radius 1 is 1.16 bits per heavy atom. The van der Waals surface area contributed by atoms with Gasteiger partial charge < -0.3 is 10.2 Å². The molecule has 3 rings (SSSR count). The molecule has 0 fully saturated rings. The molecule has 0 spiro atoms. The van der Waals surface area contributed by atoms with Crippen LogP contribution in [0.1, 0.15) is 31.4 Å². The highest BCUT2D eigenvalue weighted by atomic mass is 19.1. The van der Waals surface area contributed by atoms with E-state index in [0.717, 1.165) is 11.3 Å². The summed E-state index contributed by atoms with van der Waals surface area (Å²) < 4.78 is 13.6. The second-order valence-corrected chi connectivity index (χ2v) is 6.93. The van der Waals surface area contributed by atoms with Gasteiger partial charge in [-0.05, 0) is 17.7 Å². The van der Waals surface area contributed by atoms with Crippen LogP contribution in [-0.4, -0.2) is 18.4 Å². The lowest BCUT2D eigenvalue weighted by Gasteiger charge is -2.38. The zero-order chi connectivity index (χ0) is 18.0. The van der Waals surface area contributed by atoms with Crippen LogP contribution in [0.15, 0.2) is 48.5 Å². The second-order valence-electron chi connectivity index (χ2n) is 6.93. The van der Waals surface area contributed by atoms with Crippen molar-refractivity contribution in [3.8, 4) is 0 Å². The van der Waals surface area contributed by atoms with Crippen LogP contribution in [0.4, 0.5) is 10.1 Å². The molecule has 0 radical (unpaired) electrons. The number of fused-ring (bicyclic) bond motifs is 1. The van der Waals surface area contributed by atoms with Crippen LogP contribution >= 0.6 is 0 Å². The molecule has 1 aliphatic heterocycles. The molecule has 0 saturated carbocycles. The molecule has 2 aromatic rings. The molecule has 0 aromatic heterocycles. The van der Waals surface area contributed by atoms with Gasteiger partial charge in [0.05, 0.1) is 0 Å². The molecule has 0 aliphatic carbocycles. The van der Waals surface area contributed by atoms with Gasteiger partial charge in [0, 0.05) is 29.6 Å². The van der Waals surface area contributed by atoms with Crippen LogP contribution in [0.25, 0.3) is 0 Å². The van der Waals surface area contributed by atoms with Crippen LogP contribution in [0, 0.1) is 5.82 Å². The van der Waals surface area contributed by atoms with Gasteiger partial charge >= 0.3 is 0 Å². The monoisotopic (exact) mass is 340 g/mol. The summed E-state index contributed by atoms with van der Waals surface area (Å²) in [5.41, 5.74) is 1.98. The number of para-hydroxylation sites is 1. The summed E-state index contributed by atoms with van der Waals surface area (Å²) in [6.45, 7) is 4.08. The van der Waals surface area contributed by atoms with Gasteiger partial charge in [-0.3, -0.25) is 9.59 Å². The summed E-state index contributed by atoms with van der Waals surface area (Å²) in [4.78, 5) is 26.3. The Morgan fingerprint density at radius 3 is 2.60 bits per heavy atom. The van der Waals surface area contributed by atoms with Crippen molar-refractivity contribution < 1.29 is 14.0 Å². The average Bonchev–Trinajstić information content (AvgIpc) is 2.57. The minimum atomic E-state index is -0.357. The van der Waals surface area contributed by atoms with E-state index in [0.29, 0.717) is 12.0 Å². The molecule has 130 valence electrons. The highest BCUT2D eigenvalue weighted by Crippen LogP contribution is 2.39. The van der Waals surface area contributed by atoms with E-state index in [2.05, 4.69) is 5.32 Å². The molecule has 0 bridgehead atoms. The first-order chi connectivity index (χ1) is 11.9. The Balaban J connectivity index is 1.73. The lowest BCUT2D eigenvalue weighted by Crippen LogP contribution is -2.46. The molecule has 25 heavy (non-hydrogen) atoms. The summed E-state index contributed by atoms with van der Waals surface area (Å²) in [7, 11) is 0. The highest BCUT2D eigenvalue weighted by Gasteiger charge is 2.36. The van der Waals surface area contributed by atoms with Crippen molar-refractivity contribution in [3.63, 3.8) is 0 Å². The van der Waals surface area contributed by atoms with Crippen molar-refractivity contribution in [1.29, 1.82) is 0 Å². The number of anilines is 1. The smallest absolute Gasteiger partial charge is 0.240 e. The number of carbonyl (C=O) groups excluding carboxylic acids is 2. The molecule has 4 nitrogen and oxygen atoms in total. The van der Waals surface area contributed by atoms with E-state index in [-0.39, 0.29) is 36.1 Å². The fourth-order valence-electron chi connectivity index (χ4n) is 3.19. The molecular weight excluding hydrogens is 319 g/mol. The van der Waals surface area contributed by atoms with Crippen molar-refractivity contribution >= 4 is 17.5 Å². The van der Waals surface area contributed by atoms with Gasteiger partial charge in [-0.2, -0.15) is 0 Å². The van der Waals surface area contributed by atoms with Gasteiger partial charge in [0.1, 0.15) is 12.4 Å². The number of carbonyl (C=O) groups is 2. The van der Waals surface area contributed by atoms with Gasteiger partial charge in [0.15, 0.2) is 0 Å². The molecule has 0 atom stereocenters. The molecule has 2 aromatic carbocycles. The largest absolute Gasteiger partial charge is 0.350 e. The van der Waals surface area contributed by atoms with Crippen molar-refractivity contribution in [2.45, 2.75) is 32.2 Å². The normalized spacial score (nSPS) is 15.6. The maximum Gasteiger partial charge on any atom is 0.240 e.